The highest BCUT2D eigenvalue weighted by molar-refractivity contribution is 7.88. The van der Waals surface area contributed by atoms with E-state index in [0.717, 1.165) is 11.3 Å². The molecule has 1 N–H and O–H groups in total. The van der Waals surface area contributed by atoms with Crippen LogP contribution >= 0.6 is 23.2 Å². The molecule has 1 aliphatic heterocycles. The van der Waals surface area contributed by atoms with Crippen LogP contribution in [0.15, 0.2) is 36.4 Å². The minimum atomic E-state index is -3.61. The van der Waals surface area contributed by atoms with Gasteiger partial charge in [0.25, 0.3) is 0 Å². The molecule has 3 rings (SSSR count). The Kier molecular flexibility index (Phi) is 8.44. The Balaban J connectivity index is 1.50. The Morgan fingerprint density at radius 3 is 2.66 bits per heavy atom. The van der Waals surface area contributed by atoms with E-state index in [1.54, 1.807) is 12.1 Å². The van der Waals surface area contributed by atoms with Gasteiger partial charge in [-0.2, -0.15) is 0 Å². The number of hydrogen-bond donors (Lipinski definition) is 1. The van der Waals surface area contributed by atoms with Crippen LogP contribution in [0, 0.1) is 19.8 Å². The molecule has 2 aromatic rings. The number of piperidine rings is 1. The van der Waals surface area contributed by atoms with Crippen LogP contribution in [0.4, 0.5) is 0 Å². The van der Waals surface area contributed by atoms with Crippen LogP contribution in [0.2, 0.25) is 10.0 Å². The van der Waals surface area contributed by atoms with Gasteiger partial charge in [-0.05, 0) is 67.6 Å². The Hall–Kier alpha value is -1.80. The van der Waals surface area contributed by atoms with E-state index in [4.69, 9.17) is 27.9 Å². The molecule has 1 atom stereocenters. The summed E-state index contributed by atoms with van der Waals surface area (Å²) in [6.45, 7) is 5.32. The number of halogens is 2. The number of rotatable bonds is 8. The summed E-state index contributed by atoms with van der Waals surface area (Å²) in [6.07, 6.45) is 1.28. The van der Waals surface area contributed by atoms with Crippen molar-refractivity contribution in [3.05, 3.63) is 63.1 Å². The predicted molar refractivity (Wildman–Crippen MR) is 128 cm³/mol. The number of carbonyl (C=O) groups is 1. The van der Waals surface area contributed by atoms with Crippen molar-refractivity contribution in [1.29, 1.82) is 0 Å². The minimum Gasteiger partial charge on any atom is -0.492 e. The van der Waals surface area contributed by atoms with E-state index >= 15 is 0 Å². The molecule has 1 unspecified atom stereocenters. The third-order valence-corrected chi connectivity index (χ3v) is 8.03. The standard InChI is InChI=1S/C23H28Cl2N2O4S/c1-16-5-8-21(12-17(16)2)31-11-9-26-23(28)18-4-3-10-27(14-18)32(29,30)15-19-6-7-20(24)13-22(19)25/h5-8,12-13,18H,3-4,9-11,14-15H2,1-2H3,(H,26,28). The first-order valence-corrected chi connectivity index (χ1v) is 12.9. The number of ether oxygens (including phenoxy) is 1. The zero-order chi connectivity index (χ0) is 23.3. The molecule has 174 valence electrons. The van der Waals surface area contributed by atoms with Gasteiger partial charge in [0.2, 0.25) is 15.9 Å². The summed E-state index contributed by atoms with van der Waals surface area (Å²) in [6, 6.07) is 10.6. The SMILES string of the molecule is Cc1ccc(OCCNC(=O)C2CCCN(S(=O)(=O)Cc3ccc(Cl)cc3Cl)C2)cc1C. The lowest BCUT2D eigenvalue weighted by Crippen LogP contribution is -2.46. The Morgan fingerprint density at radius 1 is 1.16 bits per heavy atom. The second kappa shape index (κ2) is 10.9. The zero-order valence-corrected chi connectivity index (χ0v) is 20.6. The summed E-state index contributed by atoms with van der Waals surface area (Å²) in [5.41, 5.74) is 2.84. The van der Waals surface area contributed by atoms with Crippen LogP contribution in [-0.2, 0) is 20.6 Å². The molecule has 0 aliphatic carbocycles. The molecule has 0 saturated carbocycles. The number of carbonyl (C=O) groups excluding carboxylic acids is 1. The van der Waals surface area contributed by atoms with Gasteiger partial charge in [-0.3, -0.25) is 4.79 Å². The molecule has 0 radical (unpaired) electrons. The number of hydrogen-bond acceptors (Lipinski definition) is 4. The fourth-order valence-electron chi connectivity index (χ4n) is 3.63. The van der Waals surface area contributed by atoms with Gasteiger partial charge in [0.05, 0.1) is 18.2 Å². The third-order valence-electron chi connectivity index (χ3n) is 5.65. The lowest BCUT2D eigenvalue weighted by atomic mass is 9.99. The van der Waals surface area contributed by atoms with Gasteiger partial charge in [0.1, 0.15) is 12.4 Å². The Bertz CT molecular complexity index is 1080. The molecule has 6 nitrogen and oxygen atoms in total. The highest BCUT2D eigenvalue weighted by Gasteiger charge is 2.32. The quantitative estimate of drug-likeness (QED) is 0.549. The van der Waals surface area contributed by atoms with Crippen molar-refractivity contribution in [2.75, 3.05) is 26.2 Å². The first-order chi connectivity index (χ1) is 15.2. The van der Waals surface area contributed by atoms with Crippen molar-refractivity contribution in [2.24, 2.45) is 5.92 Å². The van der Waals surface area contributed by atoms with Crippen molar-refractivity contribution in [2.45, 2.75) is 32.4 Å². The largest absolute Gasteiger partial charge is 0.492 e. The van der Waals surface area contributed by atoms with Crippen molar-refractivity contribution in [3.63, 3.8) is 0 Å². The highest BCUT2D eigenvalue weighted by Crippen LogP contribution is 2.26. The fourth-order valence-corrected chi connectivity index (χ4v) is 5.82. The van der Waals surface area contributed by atoms with Gasteiger partial charge >= 0.3 is 0 Å². The first-order valence-electron chi connectivity index (χ1n) is 10.6. The maximum absolute atomic E-state index is 12.9. The lowest BCUT2D eigenvalue weighted by Gasteiger charge is -2.31. The van der Waals surface area contributed by atoms with E-state index in [-0.39, 0.29) is 24.1 Å². The maximum Gasteiger partial charge on any atom is 0.224 e. The van der Waals surface area contributed by atoms with Gasteiger partial charge in [0.15, 0.2) is 0 Å². The predicted octanol–water partition coefficient (Wildman–Crippen LogP) is 4.35. The Morgan fingerprint density at radius 2 is 1.94 bits per heavy atom. The topological polar surface area (TPSA) is 75.7 Å². The van der Waals surface area contributed by atoms with Crippen LogP contribution in [0.25, 0.3) is 0 Å². The van der Waals surface area contributed by atoms with E-state index in [1.165, 1.54) is 15.9 Å². The number of amides is 1. The number of nitrogens with zero attached hydrogens (tertiary/aromatic N) is 1. The number of aryl methyl sites for hydroxylation is 2. The summed E-state index contributed by atoms with van der Waals surface area (Å²) >= 11 is 12.0. The average molecular weight is 499 g/mol. The normalized spacial score (nSPS) is 17.2. The van der Waals surface area contributed by atoms with Crippen LogP contribution in [0.5, 0.6) is 5.75 Å². The van der Waals surface area contributed by atoms with E-state index in [1.807, 2.05) is 32.0 Å². The summed E-state index contributed by atoms with van der Waals surface area (Å²) in [7, 11) is -3.61. The molecule has 2 aromatic carbocycles. The monoisotopic (exact) mass is 498 g/mol. The van der Waals surface area contributed by atoms with Gasteiger partial charge in [-0.15, -0.1) is 0 Å². The van der Waals surface area contributed by atoms with Gasteiger partial charge in [-0.1, -0.05) is 35.3 Å². The van der Waals surface area contributed by atoms with Gasteiger partial charge < -0.3 is 10.1 Å². The highest BCUT2D eigenvalue weighted by atomic mass is 35.5. The second-order valence-corrected chi connectivity index (χ2v) is 10.9. The van der Waals surface area contributed by atoms with E-state index in [9.17, 15) is 13.2 Å². The van der Waals surface area contributed by atoms with Crippen LogP contribution in [-0.4, -0.2) is 44.9 Å². The lowest BCUT2D eigenvalue weighted by molar-refractivity contribution is -0.126. The number of sulfonamides is 1. The van der Waals surface area contributed by atoms with E-state index < -0.39 is 10.0 Å². The van der Waals surface area contributed by atoms with Gasteiger partial charge in [-0.25, -0.2) is 12.7 Å². The van der Waals surface area contributed by atoms with Gasteiger partial charge in [0, 0.05) is 23.1 Å². The molecule has 0 spiro atoms. The van der Waals surface area contributed by atoms with E-state index in [0.29, 0.717) is 48.1 Å². The zero-order valence-electron chi connectivity index (χ0n) is 18.2. The molecule has 1 saturated heterocycles. The summed E-state index contributed by atoms with van der Waals surface area (Å²) in [4.78, 5) is 12.6. The molecule has 9 heteroatoms. The third kappa shape index (κ3) is 6.61. The molecule has 1 heterocycles. The summed E-state index contributed by atoms with van der Waals surface area (Å²) in [5, 5.41) is 3.63. The van der Waals surface area contributed by atoms with Crippen LogP contribution in [0.1, 0.15) is 29.5 Å². The van der Waals surface area contributed by atoms with Crippen molar-refractivity contribution >= 4 is 39.1 Å². The minimum absolute atomic E-state index is 0.155. The van der Waals surface area contributed by atoms with E-state index in [2.05, 4.69) is 5.32 Å². The molecule has 1 amide bonds. The molecule has 1 aliphatic rings. The van der Waals surface area contributed by atoms with Crippen LogP contribution in [0.3, 0.4) is 0 Å². The molecule has 32 heavy (non-hydrogen) atoms. The molecular formula is C23H28Cl2N2O4S. The first kappa shape index (κ1) is 24.8. The van der Waals surface area contributed by atoms with Crippen molar-refractivity contribution in [1.82, 2.24) is 9.62 Å². The Labute approximate surface area is 199 Å². The molecule has 0 bridgehead atoms. The summed E-state index contributed by atoms with van der Waals surface area (Å²) < 4.78 is 32.9. The maximum atomic E-state index is 12.9. The second-order valence-electron chi connectivity index (χ2n) is 8.07. The summed E-state index contributed by atoms with van der Waals surface area (Å²) in [5.74, 6) is -0.00156. The molecular weight excluding hydrogens is 471 g/mol. The van der Waals surface area contributed by atoms with Crippen molar-refractivity contribution < 1.29 is 17.9 Å². The van der Waals surface area contributed by atoms with Crippen molar-refractivity contribution in [3.8, 4) is 5.75 Å². The average Bonchev–Trinajstić information content (AvgIpc) is 2.75. The smallest absolute Gasteiger partial charge is 0.224 e. The van der Waals surface area contributed by atoms with Crippen LogP contribution < -0.4 is 10.1 Å². The fraction of sp³-hybridized carbons (Fsp3) is 0.435. The molecule has 0 aromatic heterocycles. The number of benzene rings is 2. The number of nitrogens with one attached hydrogen (secondary N) is 1. The molecule has 1 fully saturated rings.